The molecule has 8 nitrogen and oxygen atoms in total. The molecule has 1 unspecified atom stereocenters. The van der Waals surface area contributed by atoms with Gasteiger partial charge >= 0.3 is 0 Å². The van der Waals surface area contributed by atoms with Crippen molar-refractivity contribution >= 4 is 5.96 Å². The van der Waals surface area contributed by atoms with Crippen LogP contribution in [0.5, 0.6) is 11.5 Å². The summed E-state index contributed by atoms with van der Waals surface area (Å²) in [5.74, 6) is 2.56. The van der Waals surface area contributed by atoms with Gasteiger partial charge < -0.3 is 20.1 Å². The second-order valence-corrected chi connectivity index (χ2v) is 7.42. The number of hydrogen-bond donors (Lipinski definition) is 2. The van der Waals surface area contributed by atoms with E-state index in [1.165, 1.54) is 11.9 Å². The van der Waals surface area contributed by atoms with Crippen molar-refractivity contribution in [3.63, 3.8) is 0 Å². The van der Waals surface area contributed by atoms with E-state index in [0.29, 0.717) is 19.7 Å². The normalized spacial score (nSPS) is 15.3. The summed E-state index contributed by atoms with van der Waals surface area (Å²) in [6, 6.07) is 12.3. The number of aromatic nitrogens is 3. The molecule has 0 amide bonds. The zero-order chi connectivity index (χ0) is 21.6. The summed E-state index contributed by atoms with van der Waals surface area (Å²) in [7, 11) is 1.76. The summed E-state index contributed by atoms with van der Waals surface area (Å²) in [5, 5.41) is 10.9. The van der Waals surface area contributed by atoms with Gasteiger partial charge in [-0.25, -0.2) is 9.67 Å². The average molecular weight is 421 g/mol. The number of benzene rings is 2. The standard InChI is InChI=1S/C23H28N6O2/c1-4-30-21-10-18-9-16(2)31-22(18)11-19(21)13-27-23(24-3)26-12-17-5-7-20(8-6-17)29-15-25-14-28-29/h5-8,10-11,14-16H,4,9,12-13H2,1-3H3,(H2,24,26,27). The lowest BCUT2D eigenvalue weighted by atomic mass is 10.1. The van der Waals surface area contributed by atoms with Crippen LogP contribution in [0, 0.1) is 0 Å². The largest absolute Gasteiger partial charge is 0.494 e. The van der Waals surface area contributed by atoms with Gasteiger partial charge in [-0.15, -0.1) is 0 Å². The predicted octanol–water partition coefficient (Wildman–Crippen LogP) is 2.85. The Morgan fingerprint density at radius 2 is 2.03 bits per heavy atom. The molecule has 4 rings (SSSR count). The van der Waals surface area contributed by atoms with Gasteiger partial charge in [-0.1, -0.05) is 12.1 Å². The van der Waals surface area contributed by atoms with E-state index in [0.717, 1.165) is 40.7 Å². The van der Waals surface area contributed by atoms with E-state index in [1.54, 1.807) is 18.1 Å². The third-order valence-electron chi connectivity index (χ3n) is 5.13. The van der Waals surface area contributed by atoms with Crippen LogP contribution >= 0.6 is 0 Å². The minimum Gasteiger partial charge on any atom is -0.494 e. The first-order valence-electron chi connectivity index (χ1n) is 10.5. The lowest BCUT2D eigenvalue weighted by Gasteiger charge is -2.16. The van der Waals surface area contributed by atoms with E-state index < -0.39 is 0 Å². The topological polar surface area (TPSA) is 85.6 Å². The summed E-state index contributed by atoms with van der Waals surface area (Å²) >= 11 is 0. The van der Waals surface area contributed by atoms with Gasteiger partial charge in [0, 0.05) is 37.7 Å². The number of nitrogens with zero attached hydrogens (tertiary/aromatic N) is 4. The smallest absolute Gasteiger partial charge is 0.191 e. The number of nitrogens with one attached hydrogen (secondary N) is 2. The van der Waals surface area contributed by atoms with Crippen molar-refractivity contribution in [2.45, 2.75) is 39.5 Å². The van der Waals surface area contributed by atoms with E-state index in [4.69, 9.17) is 9.47 Å². The van der Waals surface area contributed by atoms with Crippen LogP contribution in [-0.2, 0) is 19.5 Å². The number of hydrogen-bond acceptors (Lipinski definition) is 5. The van der Waals surface area contributed by atoms with Gasteiger partial charge in [0.1, 0.15) is 30.3 Å². The Bertz CT molecular complexity index is 1030. The summed E-state index contributed by atoms with van der Waals surface area (Å²) in [4.78, 5) is 8.31. The van der Waals surface area contributed by atoms with Crippen molar-refractivity contribution < 1.29 is 9.47 Å². The Morgan fingerprint density at radius 1 is 1.23 bits per heavy atom. The lowest BCUT2D eigenvalue weighted by molar-refractivity contribution is 0.254. The minimum atomic E-state index is 0.207. The average Bonchev–Trinajstić information content (AvgIpc) is 3.43. The highest BCUT2D eigenvalue weighted by Crippen LogP contribution is 2.35. The molecule has 162 valence electrons. The molecule has 0 fully saturated rings. The van der Waals surface area contributed by atoms with E-state index in [1.807, 2.05) is 19.1 Å². The molecule has 0 saturated heterocycles. The van der Waals surface area contributed by atoms with Crippen LogP contribution in [-0.4, -0.2) is 40.5 Å². The number of aliphatic imine (C=N–C) groups is 1. The fourth-order valence-corrected chi connectivity index (χ4v) is 3.60. The molecule has 2 aromatic carbocycles. The fraction of sp³-hybridized carbons (Fsp3) is 0.348. The number of rotatable bonds is 7. The van der Waals surface area contributed by atoms with E-state index >= 15 is 0 Å². The monoisotopic (exact) mass is 420 g/mol. The summed E-state index contributed by atoms with van der Waals surface area (Å²) in [5.41, 5.74) is 4.37. The van der Waals surface area contributed by atoms with E-state index in [-0.39, 0.29) is 6.10 Å². The Kier molecular flexibility index (Phi) is 6.35. The SMILES string of the molecule is CCOc1cc2c(cc1CNC(=NC)NCc1ccc(-n3cncn3)cc1)OC(C)C2. The molecule has 0 radical (unpaired) electrons. The summed E-state index contributed by atoms with van der Waals surface area (Å²) < 4.78 is 13.5. The Labute approximate surface area is 182 Å². The zero-order valence-corrected chi connectivity index (χ0v) is 18.1. The maximum atomic E-state index is 5.92. The van der Waals surface area contributed by atoms with Crippen molar-refractivity contribution in [2.24, 2.45) is 4.99 Å². The van der Waals surface area contributed by atoms with Crippen LogP contribution in [0.25, 0.3) is 5.69 Å². The van der Waals surface area contributed by atoms with Crippen LogP contribution in [0.4, 0.5) is 0 Å². The van der Waals surface area contributed by atoms with Gasteiger partial charge in [0.05, 0.1) is 12.3 Å². The van der Waals surface area contributed by atoms with E-state index in [2.05, 4.69) is 56.9 Å². The molecular formula is C23H28N6O2. The van der Waals surface area contributed by atoms with Crippen LogP contribution in [0.2, 0.25) is 0 Å². The molecule has 1 aromatic heterocycles. The van der Waals surface area contributed by atoms with E-state index in [9.17, 15) is 0 Å². The molecule has 31 heavy (non-hydrogen) atoms. The van der Waals surface area contributed by atoms with Gasteiger partial charge in [-0.2, -0.15) is 5.10 Å². The molecule has 0 saturated carbocycles. The third kappa shape index (κ3) is 4.96. The van der Waals surface area contributed by atoms with Gasteiger partial charge in [-0.05, 0) is 43.7 Å². The molecule has 2 heterocycles. The number of guanidine groups is 1. The summed E-state index contributed by atoms with van der Waals surface area (Å²) in [6.45, 7) is 5.95. The van der Waals surface area contributed by atoms with Crippen molar-refractivity contribution in [2.75, 3.05) is 13.7 Å². The van der Waals surface area contributed by atoms with Crippen LogP contribution in [0.1, 0.15) is 30.5 Å². The van der Waals surface area contributed by atoms with Crippen LogP contribution < -0.4 is 20.1 Å². The van der Waals surface area contributed by atoms with Crippen molar-refractivity contribution in [3.05, 3.63) is 65.7 Å². The van der Waals surface area contributed by atoms with Crippen molar-refractivity contribution in [1.82, 2.24) is 25.4 Å². The van der Waals surface area contributed by atoms with Crippen LogP contribution in [0.15, 0.2) is 54.0 Å². The second-order valence-electron chi connectivity index (χ2n) is 7.42. The van der Waals surface area contributed by atoms with Crippen molar-refractivity contribution in [3.8, 4) is 17.2 Å². The molecule has 1 aliphatic heterocycles. The van der Waals surface area contributed by atoms with Gasteiger partial charge in [0.25, 0.3) is 0 Å². The maximum absolute atomic E-state index is 5.92. The second kappa shape index (κ2) is 9.51. The molecule has 2 N–H and O–H groups in total. The summed E-state index contributed by atoms with van der Waals surface area (Å²) in [6.07, 6.45) is 4.33. The molecule has 0 bridgehead atoms. The van der Waals surface area contributed by atoms with Crippen molar-refractivity contribution in [1.29, 1.82) is 0 Å². The highest BCUT2D eigenvalue weighted by molar-refractivity contribution is 5.79. The van der Waals surface area contributed by atoms with Gasteiger partial charge in [-0.3, -0.25) is 4.99 Å². The molecular weight excluding hydrogens is 392 g/mol. The first-order valence-corrected chi connectivity index (χ1v) is 10.5. The molecule has 1 atom stereocenters. The quantitative estimate of drug-likeness (QED) is 0.452. The van der Waals surface area contributed by atoms with Gasteiger partial charge in [0.15, 0.2) is 5.96 Å². The molecule has 8 heteroatoms. The predicted molar refractivity (Wildman–Crippen MR) is 120 cm³/mol. The number of fused-ring (bicyclic) bond motifs is 1. The van der Waals surface area contributed by atoms with Gasteiger partial charge in [0.2, 0.25) is 0 Å². The minimum absolute atomic E-state index is 0.207. The zero-order valence-electron chi connectivity index (χ0n) is 18.1. The highest BCUT2D eigenvalue weighted by Gasteiger charge is 2.21. The Morgan fingerprint density at radius 3 is 2.74 bits per heavy atom. The molecule has 0 spiro atoms. The number of ether oxygens (including phenoxy) is 2. The Balaban J connectivity index is 1.36. The first-order chi connectivity index (χ1) is 15.2. The molecule has 0 aliphatic carbocycles. The third-order valence-corrected chi connectivity index (χ3v) is 5.13. The maximum Gasteiger partial charge on any atom is 0.191 e. The lowest BCUT2D eigenvalue weighted by Crippen LogP contribution is -2.36. The first kappa shape index (κ1) is 20.7. The van der Waals surface area contributed by atoms with Crippen LogP contribution in [0.3, 0.4) is 0 Å². The Hall–Kier alpha value is -3.55. The molecule has 1 aliphatic rings. The fourth-order valence-electron chi connectivity index (χ4n) is 3.60. The molecule has 3 aromatic rings. The highest BCUT2D eigenvalue weighted by atomic mass is 16.5.